The van der Waals surface area contributed by atoms with E-state index < -0.39 is 30.3 Å². The normalized spacial score (nSPS) is 24.5. The maximum absolute atomic E-state index is 12.7. The summed E-state index contributed by atoms with van der Waals surface area (Å²) < 4.78 is 5.35. The second-order valence-corrected chi connectivity index (χ2v) is 8.71. The zero-order valence-corrected chi connectivity index (χ0v) is 20.3. The van der Waals surface area contributed by atoms with Crippen LogP contribution < -0.4 is 5.73 Å². The molecule has 0 aromatic carbocycles. The largest absolute Gasteiger partial charge is 0.480 e. The third kappa shape index (κ3) is 12.0. The molecule has 2 amide bonds. The van der Waals surface area contributed by atoms with Gasteiger partial charge in [0.1, 0.15) is 24.4 Å². The number of aliphatic hydroxyl groups excluding tert-OH is 3. The molecule has 0 aromatic rings. The van der Waals surface area contributed by atoms with E-state index in [1.165, 1.54) is 4.90 Å². The van der Waals surface area contributed by atoms with Crippen molar-refractivity contribution in [2.24, 2.45) is 11.7 Å². The van der Waals surface area contributed by atoms with Gasteiger partial charge in [0.2, 0.25) is 11.8 Å². The van der Waals surface area contributed by atoms with Gasteiger partial charge < -0.3 is 40.7 Å². The molecule has 0 radical (unpaired) electrons. The summed E-state index contributed by atoms with van der Waals surface area (Å²) in [6.07, 6.45) is -2.74. The number of carboxylic acids is 1. The van der Waals surface area contributed by atoms with E-state index in [9.17, 15) is 29.7 Å². The van der Waals surface area contributed by atoms with Crippen molar-refractivity contribution >= 4 is 30.2 Å². The summed E-state index contributed by atoms with van der Waals surface area (Å²) in [7, 11) is 0. The quantitative estimate of drug-likeness (QED) is 0.314. The minimum Gasteiger partial charge on any atom is -0.480 e. The molecule has 0 unspecified atom stereocenters. The molecule has 0 spiro atoms. The van der Waals surface area contributed by atoms with Crippen LogP contribution in [0, 0.1) is 5.92 Å². The van der Waals surface area contributed by atoms with Crippen LogP contribution in [0.25, 0.3) is 0 Å². The van der Waals surface area contributed by atoms with Crippen LogP contribution in [0.1, 0.15) is 46.0 Å². The molecule has 1 saturated heterocycles. The average Bonchev–Trinajstić information content (AvgIpc) is 2.72. The molecule has 11 nitrogen and oxygen atoms in total. The SMILES string of the molecule is CC(C)CC(=O)N1CCN(C(=O)CC[C@H](N)C(=O)O)CCCCOC[C@@H](O)[C@H](O)[C@@H](O)C1.Cl. The highest BCUT2D eigenvalue weighted by molar-refractivity contribution is 5.85. The Kier molecular flexibility index (Phi) is 15.4. The first-order valence-electron chi connectivity index (χ1n) is 11.2. The van der Waals surface area contributed by atoms with E-state index >= 15 is 0 Å². The lowest BCUT2D eigenvalue weighted by atomic mass is 10.1. The second-order valence-electron chi connectivity index (χ2n) is 8.71. The Hall–Kier alpha value is -1.50. The van der Waals surface area contributed by atoms with E-state index in [1.54, 1.807) is 4.90 Å². The molecular formula is C21H40ClN3O8. The molecular weight excluding hydrogens is 458 g/mol. The topological polar surface area (TPSA) is 174 Å². The van der Waals surface area contributed by atoms with E-state index in [-0.39, 0.29) is 75.6 Å². The number of hydrogen-bond donors (Lipinski definition) is 5. The maximum atomic E-state index is 12.7. The molecule has 0 aromatic heterocycles. The first-order chi connectivity index (χ1) is 15.0. The number of hydrogen-bond acceptors (Lipinski definition) is 8. The van der Waals surface area contributed by atoms with Crippen molar-refractivity contribution in [3.8, 4) is 0 Å². The number of nitrogens with two attached hydrogens (primary N) is 1. The van der Waals surface area contributed by atoms with Gasteiger partial charge in [0.05, 0.1) is 6.61 Å². The molecule has 194 valence electrons. The Bertz CT molecular complexity index is 610. The molecule has 1 aliphatic rings. The zero-order chi connectivity index (χ0) is 24.3. The van der Waals surface area contributed by atoms with Gasteiger partial charge >= 0.3 is 5.97 Å². The number of carbonyl (C=O) groups excluding carboxylic acids is 2. The minimum atomic E-state index is -1.48. The smallest absolute Gasteiger partial charge is 0.320 e. The van der Waals surface area contributed by atoms with E-state index in [0.717, 1.165) is 0 Å². The highest BCUT2D eigenvalue weighted by Crippen LogP contribution is 2.11. The van der Waals surface area contributed by atoms with Crippen LogP contribution >= 0.6 is 12.4 Å². The van der Waals surface area contributed by atoms with Crippen molar-refractivity contribution < 1.29 is 39.5 Å². The lowest BCUT2D eigenvalue weighted by molar-refractivity contribution is -0.141. The lowest BCUT2D eigenvalue weighted by Crippen LogP contribution is -2.50. The Morgan fingerprint density at radius 3 is 2.24 bits per heavy atom. The van der Waals surface area contributed by atoms with Gasteiger partial charge in [0, 0.05) is 45.6 Å². The van der Waals surface area contributed by atoms with Gasteiger partial charge in [-0.05, 0) is 25.2 Å². The summed E-state index contributed by atoms with van der Waals surface area (Å²) in [5.41, 5.74) is 5.50. The fourth-order valence-electron chi connectivity index (χ4n) is 3.36. The number of rotatable bonds is 6. The monoisotopic (exact) mass is 497 g/mol. The molecule has 4 atom stereocenters. The molecule has 33 heavy (non-hydrogen) atoms. The summed E-state index contributed by atoms with van der Waals surface area (Å²) in [5, 5.41) is 39.5. The Labute approximate surface area is 201 Å². The highest BCUT2D eigenvalue weighted by atomic mass is 35.5. The van der Waals surface area contributed by atoms with Crippen molar-refractivity contribution in [3.63, 3.8) is 0 Å². The Morgan fingerprint density at radius 2 is 1.64 bits per heavy atom. The van der Waals surface area contributed by atoms with Crippen LogP contribution in [0.4, 0.5) is 0 Å². The van der Waals surface area contributed by atoms with E-state index in [4.69, 9.17) is 15.6 Å². The number of carbonyl (C=O) groups is 3. The molecule has 12 heteroatoms. The number of nitrogens with zero attached hydrogens (tertiary/aromatic N) is 2. The van der Waals surface area contributed by atoms with E-state index in [0.29, 0.717) is 26.0 Å². The summed E-state index contributed by atoms with van der Waals surface area (Å²) in [5.74, 6) is -1.59. The van der Waals surface area contributed by atoms with Crippen LogP contribution in [0.5, 0.6) is 0 Å². The Balaban J connectivity index is 0.0000102. The highest BCUT2D eigenvalue weighted by Gasteiger charge is 2.29. The van der Waals surface area contributed by atoms with Crippen molar-refractivity contribution in [2.45, 2.75) is 70.3 Å². The summed E-state index contributed by atoms with van der Waals surface area (Å²) in [6.45, 7) is 4.45. The number of halogens is 1. The van der Waals surface area contributed by atoms with Crippen molar-refractivity contribution in [1.29, 1.82) is 0 Å². The van der Waals surface area contributed by atoms with Gasteiger partial charge in [0.15, 0.2) is 0 Å². The van der Waals surface area contributed by atoms with Gasteiger partial charge in [-0.3, -0.25) is 14.4 Å². The predicted molar refractivity (Wildman–Crippen MR) is 123 cm³/mol. The molecule has 1 aliphatic heterocycles. The van der Waals surface area contributed by atoms with Gasteiger partial charge in [0.25, 0.3) is 0 Å². The number of amides is 2. The summed E-state index contributed by atoms with van der Waals surface area (Å²) in [4.78, 5) is 39.3. The fraction of sp³-hybridized carbons (Fsp3) is 0.857. The number of aliphatic hydroxyl groups is 3. The number of β-amino-alcohol motifs (C(OH)–C–C–N with tert-alkyl or cyclic N) is 1. The van der Waals surface area contributed by atoms with Crippen molar-refractivity contribution in [1.82, 2.24) is 9.80 Å². The third-order valence-electron chi connectivity index (χ3n) is 5.37. The predicted octanol–water partition coefficient (Wildman–Crippen LogP) is -0.803. The molecule has 0 bridgehead atoms. The first kappa shape index (κ1) is 31.5. The van der Waals surface area contributed by atoms with Crippen LogP contribution in [0.2, 0.25) is 0 Å². The number of aliphatic carboxylic acids is 1. The third-order valence-corrected chi connectivity index (χ3v) is 5.37. The lowest BCUT2D eigenvalue weighted by Gasteiger charge is -2.32. The minimum absolute atomic E-state index is 0. The molecule has 6 N–H and O–H groups in total. The van der Waals surface area contributed by atoms with Gasteiger partial charge in [-0.25, -0.2) is 0 Å². The van der Waals surface area contributed by atoms with Crippen LogP contribution in [0.3, 0.4) is 0 Å². The molecule has 1 heterocycles. The molecule has 0 aliphatic carbocycles. The van der Waals surface area contributed by atoms with Crippen LogP contribution in [0.15, 0.2) is 0 Å². The van der Waals surface area contributed by atoms with Gasteiger partial charge in [-0.15, -0.1) is 12.4 Å². The Morgan fingerprint density at radius 1 is 1.00 bits per heavy atom. The average molecular weight is 498 g/mol. The number of ether oxygens (including phenoxy) is 1. The fourth-order valence-corrected chi connectivity index (χ4v) is 3.36. The standard InChI is InChI=1S/C21H39N3O8.ClH/c1-14(2)11-19(28)24-9-8-23(18(27)6-5-15(22)21(30)31)7-3-4-10-32-13-17(26)20(29)16(25)12-24;/h14-17,20,25-26,29H,3-13,22H2,1-2H3,(H,30,31);1H/t15-,16-,17+,20+;/m0./s1. The number of carboxylic acid groups (broad SMARTS) is 1. The van der Waals surface area contributed by atoms with Crippen LogP contribution in [-0.4, -0.2) is 112 Å². The van der Waals surface area contributed by atoms with Gasteiger partial charge in [-0.1, -0.05) is 13.8 Å². The van der Waals surface area contributed by atoms with Crippen molar-refractivity contribution in [2.75, 3.05) is 39.4 Å². The van der Waals surface area contributed by atoms with E-state index in [1.807, 2.05) is 13.8 Å². The van der Waals surface area contributed by atoms with Crippen molar-refractivity contribution in [3.05, 3.63) is 0 Å². The summed E-state index contributed by atoms with van der Waals surface area (Å²) >= 11 is 0. The first-order valence-corrected chi connectivity index (χ1v) is 11.2. The maximum Gasteiger partial charge on any atom is 0.320 e. The molecule has 0 saturated carbocycles. The van der Waals surface area contributed by atoms with E-state index in [2.05, 4.69) is 0 Å². The van der Waals surface area contributed by atoms with Crippen LogP contribution in [-0.2, 0) is 19.1 Å². The van der Waals surface area contributed by atoms with Gasteiger partial charge in [-0.2, -0.15) is 0 Å². The summed E-state index contributed by atoms with van der Waals surface area (Å²) in [6, 6.07) is -1.13. The second kappa shape index (κ2) is 16.2. The zero-order valence-electron chi connectivity index (χ0n) is 19.5. The molecule has 1 fully saturated rings. The molecule has 1 rings (SSSR count).